The molecule has 3 aromatic rings. The second-order valence-electron chi connectivity index (χ2n) is 6.78. The number of rotatable bonds is 6. The van der Waals surface area contributed by atoms with Gasteiger partial charge >= 0.3 is 5.76 Å². The van der Waals surface area contributed by atoms with Crippen LogP contribution in [0.4, 0.5) is 0 Å². The Hall–Kier alpha value is -3.20. The molecule has 1 fully saturated rings. The van der Waals surface area contributed by atoms with E-state index in [1.54, 1.807) is 18.2 Å². The van der Waals surface area contributed by atoms with Crippen LogP contribution < -0.4 is 11.1 Å². The Morgan fingerprint density at radius 3 is 2.59 bits per heavy atom. The monoisotopic (exact) mass is 412 g/mol. The smallest absolute Gasteiger partial charge is 0.387 e. The van der Waals surface area contributed by atoms with Crippen LogP contribution in [0.3, 0.4) is 0 Å². The zero-order chi connectivity index (χ0) is 20.2. The summed E-state index contributed by atoms with van der Waals surface area (Å²) in [4.78, 5) is 39.0. The Bertz CT molecular complexity index is 1050. The zero-order valence-electron chi connectivity index (χ0n) is 15.7. The number of aromatic nitrogens is 2. The molecule has 3 heterocycles. The summed E-state index contributed by atoms with van der Waals surface area (Å²) in [6, 6.07) is 10.8. The van der Waals surface area contributed by atoms with Crippen molar-refractivity contribution in [1.29, 1.82) is 0 Å². The lowest BCUT2D eigenvalue weighted by molar-refractivity contribution is -0.122. The molecule has 1 aliphatic heterocycles. The molecule has 0 spiro atoms. The molecule has 0 radical (unpaired) electrons. The van der Waals surface area contributed by atoms with E-state index in [1.807, 2.05) is 28.5 Å². The first-order valence-electron chi connectivity index (χ1n) is 9.37. The molecular formula is C20H20N4O4S. The van der Waals surface area contributed by atoms with E-state index in [-0.39, 0.29) is 24.2 Å². The molecule has 0 aliphatic carbocycles. The molecule has 0 atom stereocenters. The standard InChI is InChI=1S/C20H20N4O4S/c25-17(13-24-20(27)28-18(22-24)16-4-3-11-29-16)21-12-14-5-7-15(8-6-14)19(26)23-9-1-2-10-23/h3-8,11H,1-2,9-10,12-13H2,(H,21,25). The van der Waals surface area contributed by atoms with Crippen LogP contribution in [0.5, 0.6) is 0 Å². The number of amides is 2. The minimum absolute atomic E-state index is 0.0463. The van der Waals surface area contributed by atoms with Crippen molar-refractivity contribution < 1.29 is 14.0 Å². The third kappa shape index (κ3) is 4.45. The van der Waals surface area contributed by atoms with Crippen molar-refractivity contribution in [3.05, 3.63) is 63.5 Å². The molecule has 2 amide bonds. The van der Waals surface area contributed by atoms with E-state index in [0.717, 1.165) is 41.1 Å². The summed E-state index contributed by atoms with van der Waals surface area (Å²) in [5, 5.41) is 8.66. The number of hydrogen-bond acceptors (Lipinski definition) is 6. The first kappa shape index (κ1) is 19.1. The normalized spacial score (nSPS) is 13.6. The van der Waals surface area contributed by atoms with Crippen LogP contribution in [-0.4, -0.2) is 39.6 Å². The van der Waals surface area contributed by atoms with Gasteiger partial charge in [0.15, 0.2) is 0 Å². The summed E-state index contributed by atoms with van der Waals surface area (Å²) >= 11 is 1.40. The van der Waals surface area contributed by atoms with Crippen molar-refractivity contribution >= 4 is 23.2 Å². The van der Waals surface area contributed by atoms with Gasteiger partial charge in [-0.25, -0.2) is 4.79 Å². The zero-order valence-corrected chi connectivity index (χ0v) is 16.5. The fraction of sp³-hybridized carbons (Fsp3) is 0.300. The van der Waals surface area contributed by atoms with Crippen LogP contribution in [0.2, 0.25) is 0 Å². The highest BCUT2D eigenvalue weighted by Crippen LogP contribution is 2.21. The van der Waals surface area contributed by atoms with Crippen LogP contribution in [0.15, 0.2) is 51.0 Å². The van der Waals surface area contributed by atoms with Gasteiger partial charge in [0.1, 0.15) is 6.54 Å². The Balaban J connectivity index is 1.32. The Labute approximate surface area is 170 Å². The molecule has 29 heavy (non-hydrogen) atoms. The number of nitrogens with one attached hydrogen (secondary N) is 1. The van der Waals surface area contributed by atoms with Crippen molar-refractivity contribution in [3.8, 4) is 10.8 Å². The number of thiophene rings is 1. The van der Waals surface area contributed by atoms with E-state index in [2.05, 4.69) is 10.4 Å². The molecule has 150 valence electrons. The van der Waals surface area contributed by atoms with Crippen LogP contribution >= 0.6 is 11.3 Å². The molecule has 1 aromatic carbocycles. The molecule has 0 unspecified atom stereocenters. The third-order valence-electron chi connectivity index (χ3n) is 4.72. The number of carbonyl (C=O) groups excluding carboxylic acids is 2. The van der Waals surface area contributed by atoms with Gasteiger partial charge in [0.2, 0.25) is 5.91 Å². The SMILES string of the molecule is O=C(Cn1nc(-c2cccs2)oc1=O)NCc1ccc(C(=O)N2CCCC2)cc1. The number of carbonyl (C=O) groups is 2. The molecule has 8 nitrogen and oxygen atoms in total. The first-order chi connectivity index (χ1) is 14.1. The molecule has 1 aliphatic rings. The molecule has 2 aromatic heterocycles. The number of nitrogens with zero attached hydrogens (tertiary/aromatic N) is 3. The lowest BCUT2D eigenvalue weighted by atomic mass is 10.1. The van der Waals surface area contributed by atoms with Gasteiger partial charge in [-0.3, -0.25) is 9.59 Å². The Kier molecular flexibility index (Phi) is 5.57. The van der Waals surface area contributed by atoms with Crippen LogP contribution in [-0.2, 0) is 17.9 Å². The average Bonchev–Trinajstić information content (AvgIpc) is 3.49. The van der Waals surface area contributed by atoms with Gasteiger partial charge in [0.25, 0.3) is 11.8 Å². The predicted molar refractivity (Wildman–Crippen MR) is 108 cm³/mol. The fourth-order valence-corrected chi connectivity index (χ4v) is 3.81. The van der Waals surface area contributed by atoms with Crippen molar-refractivity contribution in [2.45, 2.75) is 25.9 Å². The highest BCUT2D eigenvalue weighted by molar-refractivity contribution is 7.13. The molecule has 1 saturated heterocycles. The van der Waals surface area contributed by atoms with Crippen LogP contribution in [0.1, 0.15) is 28.8 Å². The van der Waals surface area contributed by atoms with Gasteiger partial charge in [-0.05, 0) is 42.0 Å². The van der Waals surface area contributed by atoms with Crippen LogP contribution in [0, 0.1) is 0 Å². The van der Waals surface area contributed by atoms with Gasteiger partial charge in [-0.2, -0.15) is 4.68 Å². The molecule has 9 heteroatoms. The Morgan fingerprint density at radius 2 is 1.90 bits per heavy atom. The highest BCUT2D eigenvalue weighted by Gasteiger charge is 2.19. The largest absolute Gasteiger partial charge is 0.437 e. The summed E-state index contributed by atoms with van der Waals surface area (Å²) in [6.45, 7) is 1.69. The van der Waals surface area contributed by atoms with E-state index < -0.39 is 5.76 Å². The van der Waals surface area contributed by atoms with Crippen LogP contribution in [0.25, 0.3) is 10.8 Å². The lowest BCUT2D eigenvalue weighted by Crippen LogP contribution is -2.31. The first-order valence-corrected chi connectivity index (χ1v) is 10.2. The van der Waals surface area contributed by atoms with Gasteiger partial charge in [-0.15, -0.1) is 16.4 Å². The molecule has 0 bridgehead atoms. The second-order valence-corrected chi connectivity index (χ2v) is 7.73. The van der Waals surface area contributed by atoms with E-state index in [9.17, 15) is 14.4 Å². The topological polar surface area (TPSA) is 97.4 Å². The van der Waals surface area contributed by atoms with Crippen molar-refractivity contribution in [3.63, 3.8) is 0 Å². The third-order valence-corrected chi connectivity index (χ3v) is 5.57. The summed E-state index contributed by atoms with van der Waals surface area (Å²) in [5.74, 6) is -0.773. The summed E-state index contributed by atoms with van der Waals surface area (Å²) in [6.07, 6.45) is 2.11. The number of hydrogen-bond donors (Lipinski definition) is 1. The summed E-state index contributed by atoms with van der Waals surface area (Å²) in [5.41, 5.74) is 1.51. The molecular weight excluding hydrogens is 392 g/mol. The number of benzene rings is 1. The van der Waals surface area contributed by atoms with Gasteiger partial charge < -0.3 is 14.6 Å². The highest BCUT2D eigenvalue weighted by atomic mass is 32.1. The molecule has 1 N–H and O–H groups in total. The second kappa shape index (κ2) is 8.44. The van der Waals surface area contributed by atoms with Crippen molar-refractivity contribution in [1.82, 2.24) is 20.0 Å². The van der Waals surface area contributed by atoms with Gasteiger partial charge in [0.05, 0.1) is 4.88 Å². The van der Waals surface area contributed by atoms with E-state index in [4.69, 9.17) is 4.42 Å². The maximum Gasteiger partial charge on any atom is 0.437 e. The van der Waals surface area contributed by atoms with E-state index in [1.165, 1.54) is 11.3 Å². The summed E-state index contributed by atoms with van der Waals surface area (Å²) in [7, 11) is 0. The number of likely N-dealkylation sites (tertiary alicyclic amines) is 1. The Morgan fingerprint density at radius 1 is 1.14 bits per heavy atom. The molecule has 0 saturated carbocycles. The minimum atomic E-state index is -0.673. The van der Waals surface area contributed by atoms with Crippen molar-refractivity contribution in [2.75, 3.05) is 13.1 Å². The van der Waals surface area contributed by atoms with Gasteiger partial charge in [-0.1, -0.05) is 18.2 Å². The lowest BCUT2D eigenvalue weighted by Gasteiger charge is -2.15. The van der Waals surface area contributed by atoms with E-state index in [0.29, 0.717) is 12.1 Å². The van der Waals surface area contributed by atoms with Crippen molar-refractivity contribution in [2.24, 2.45) is 0 Å². The quantitative estimate of drug-likeness (QED) is 0.669. The average molecular weight is 412 g/mol. The fourth-order valence-electron chi connectivity index (χ4n) is 3.17. The minimum Gasteiger partial charge on any atom is -0.387 e. The maximum absolute atomic E-state index is 12.4. The van der Waals surface area contributed by atoms with Gasteiger partial charge in [0, 0.05) is 25.2 Å². The maximum atomic E-state index is 12.4. The summed E-state index contributed by atoms with van der Waals surface area (Å²) < 4.78 is 6.09. The molecule has 4 rings (SSSR count). The predicted octanol–water partition coefficient (Wildman–Crippen LogP) is 2.12. The van der Waals surface area contributed by atoms with E-state index >= 15 is 0 Å².